The second-order valence-electron chi connectivity index (χ2n) is 4.40. The first-order valence-corrected chi connectivity index (χ1v) is 6.87. The summed E-state index contributed by atoms with van der Waals surface area (Å²) in [7, 11) is 3.60. The Morgan fingerprint density at radius 1 is 1.42 bits per heavy atom. The van der Waals surface area contributed by atoms with Gasteiger partial charge in [-0.25, -0.2) is 0 Å². The van der Waals surface area contributed by atoms with E-state index in [0.29, 0.717) is 13.0 Å². The molecule has 0 aliphatic heterocycles. The number of hydrogen-bond donors (Lipinski definition) is 2. The molecule has 2 N–H and O–H groups in total. The topological polar surface area (TPSA) is 44.4 Å². The Labute approximate surface area is 120 Å². The fourth-order valence-electron chi connectivity index (χ4n) is 1.70. The lowest BCUT2D eigenvalue weighted by molar-refractivity contribution is -0.120. The van der Waals surface area contributed by atoms with Crippen molar-refractivity contribution in [3.05, 3.63) is 28.8 Å². The third kappa shape index (κ3) is 5.09. The first-order chi connectivity index (χ1) is 9.08. The van der Waals surface area contributed by atoms with Crippen LogP contribution in [0.1, 0.15) is 18.9 Å². The standard InChI is InChI=1S/C14H22ClN3O/c1-4-17-10-11-5-6-12(9-13(11)15)18(3)8-7-14(19)16-2/h5-6,9,17H,4,7-8,10H2,1-3H3,(H,16,19). The van der Waals surface area contributed by atoms with E-state index in [0.717, 1.165) is 29.4 Å². The molecule has 0 bridgehead atoms. The smallest absolute Gasteiger partial charge is 0.221 e. The number of hydrogen-bond acceptors (Lipinski definition) is 3. The maximum atomic E-state index is 11.2. The summed E-state index contributed by atoms with van der Waals surface area (Å²) in [6.07, 6.45) is 0.476. The summed E-state index contributed by atoms with van der Waals surface area (Å²) in [6.45, 7) is 4.43. The monoisotopic (exact) mass is 283 g/mol. The average Bonchev–Trinajstić information content (AvgIpc) is 2.42. The largest absolute Gasteiger partial charge is 0.374 e. The van der Waals surface area contributed by atoms with Crippen molar-refractivity contribution in [3.8, 4) is 0 Å². The van der Waals surface area contributed by atoms with E-state index in [9.17, 15) is 4.79 Å². The molecule has 0 aliphatic carbocycles. The quantitative estimate of drug-likeness (QED) is 0.805. The molecule has 0 saturated carbocycles. The molecule has 1 aromatic carbocycles. The predicted octanol–water partition coefficient (Wildman–Crippen LogP) is 2.02. The van der Waals surface area contributed by atoms with Crippen LogP contribution in [0.25, 0.3) is 0 Å². The van der Waals surface area contributed by atoms with Crippen molar-refractivity contribution < 1.29 is 4.79 Å². The van der Waals surface area contributed by atoms with Crippen molar-refractivity contribution in [2.24, 2.45) is 0 Å². The first kappa shape index (κ1) is 15.8. The van der Waals surface area contributed by atoms with E-state index in [1.807, 2.05) is 30.1 Å². The number of nitrogens with zero attached hydrogens (tertiary/aromatic N) is 1. The summed E-state index contributed by atoms with van der Waals surface area (Å²) in [6, 6.07) is 6.00. The molecule has 1 aromatic rings. The number of benzene rings is 1. The molecule has 0 aliphatic rings. The number of carbonyl (C=O) groups is 1. The Kier molecular flexibility index (Phi) is 6.67. The molecule has 4 nitrogen and oxygen atoms in total. The van der Waals surface area contributed by atoms with Crippen LogP contribution < -0.4 is 15.5 Å². The van der Waals surface area contributed by atoms with Crippen molar-refractivity contribution in [3.63, 3.8) is 0 Å². The Morgan fingerprint density at radius 2 is 2.16 bits per heavy atom. The zero-order valence-corrected chi connectivity index (χ0v) is 12.5. The van der Waals surface area contributed by atoms with Gasteiger partial charge < -0.3 is 15.5 Å². The third-order valence-corrected chi connectivity index (χ3v) is 3.35. The highest BCUT2D eigenvalue weighted by atomic mass is 35.5. The van der Waals surface area contributed by atoms with E-state index in [-0.39, 0.29) is 5.91 Å². The highest BCUT2D eigenvalue weighted by molar-refractivity contribution is 6.31. The molecule has 0 radical (unpaired) electrons. The molecule has 19 heavy (non-hydrogen) atoms. The van der Waals surface area contributed by atoms with E-state index in [1.165, 1.54) is 0 Å². The summed E-state index contributed by atoms with van der Waals surface area (Å²) in [5.41, 5.74) is 2.11. The van der Waals surface area contributed by atoms with E-state index in [2.05, 4.69) is 17.6 Å². The minimum atomic E-state index is 0.0433. The molecule has 1 amide bonds. The molecule has 1 rings (SSSR count). The van der Waals surface area contributed by atoms with E-state index in [4.69, 9.17) is 11.6 Å². The van der Waals surface area contributed by atoms with Gasteiger partial charge in [0.05, 0.1) is 0 Å². The Hall–Kier alpha value is -1.26. The van der Waals surface area contributed by atoms with Crippen LogP contribution >= 0.6 is 11.6 Å². The van der Waals surface area contributed by atoms with Crippen LogP contribution in [0.3, 0.4) is 0 Å². The van der Waals surface area contributed by atoms with Crippen LogP contribution in [0.5, 0.6) is 0 Å². The van der Waals surface area contributed by atoms with Crippen LogP contribution in [-0.4, -0.2) is 33.1 Å². The van der Waals surface area contributed by atoms with Gasteiger partial charge in [0, 0.05) is 44.3 Å². The van der Waals surface area contributed by atoms with Crippen molar-refractivity contribution in [2.45, 2.75) is 19.9 Å². The summed E-state index contributed by atoms with van der Waals surface area (Å²) in [5, 5.41) is 6.62. The van der Waals surface area contributed by atoms with Crippen LogP contribution in [0.4, 0.5) is 5.69 Å². The highest BCUT2D eigenvalue weighted by Crippen LogP contribution is 2.23. The summed E-state index contributed by atoms with van der Waals surface area (Å²) in [4.78, 5) is 13.2. The molecule has 106 valence electrons. The second-order valence-corrected chi connectivity index (χ2v) is 4.81. The van der Waals surface area contributed by atoms with Crippen molar-refractivity contribution in [1.82, 2.24) is 10.6 Å². The molecule has 0 unspecified atom stereocenters. The van der Waals surface area contributed by atoms with Gasteiger partial charge in [0.1, 0.15) is 0 Å². The Morgan fingerprint density at radius 3 is 2.74 bits per heavy atom. The van der Waals surface area contributed by atoms with Gasteiger partial charge in [-0.3, -0.25) is 4.79 Å². The molecular weight excluding hydrogens is 262 g/mol. The minimum Gasteiger partial charge on any atom is -0.374 e. The Balaban J connectivity index is 2.63. The number of halogens is 1. The molecular formula is C14H22ClN3O. The van der Waals surface area contributed by atoms with Gasteiger partial charge in [-0.2, -0.15) is 0 Å². The van der Waals surface area contributed by atoms with Gasteiger partial charge in [-0.15, -0.1) is 0 Å². The lowest BCUT2D eigenvalue weighted by Crippen LogP contribution is -2.26. The summed E-state index contributed by atoms with van der Waals surface area (Å²) >= 11 is 6.25. The molecule has 0 fully saturated rings. The van der Waals surface area contributed by atoms with E-state index in [1.54, 1.807) is 7.05 Å². The van der Waals surface area contributed by atoms with Gasteiger partial charge in [0.2, 0.25) is 5.91 Å². The zero-order chi connectivity index (χ0) is 14.3. The zero-order valence-electron chi connectivity index (χ0n) is 11.8. The number of rotatable bonds is 7. The highest BCUT2D eigenvalue weighted by Gasteiger charge is 2.07. The number of amides is 1. The second kappa shape index (κ2) is 8.02. The van der Waals surface area contributed by atoms with Crippen molar-refractivity contribution in [1.29, 1.82) is 0 Å². The molecule has 0 saturated heterocycles. The fraction of sp³-hybridized carbons (Fsp3) is 0.500. The lowest BCUT2D eigenvalue weighted by atomic mass is 10.2. The van der Waals surface area contributed by atoms with Gasteiger partial charge >= 0.3 is 0 Å². The average molecular weight is 284 g/mol. The third-order valence-electron chi connectivity index (χ3n) is 3.00. The van der Waals surface area contributed by atoms with E-state index < -0.39 is 0 Å². The van der Waals surface area contributed by atoms with Crippen molar-refractivity contribution in [2.75, 3.05) is 32.1 Å². The van der Waals surface area contributed by atoms with Gasteiger partial charge in [0.15, 0.2) is 0 Å². The Bertz CT molecular complexity index is 423. The first-order valence-electron chi connectivity index (χ1n) is 6.49. The fourth-order valence-corrected chi connectivity index (χ4v) is 1.94. The van der Waals surface area contributed by atoms with Crippen LogP contribution in [0, 0.1) is 0 Å². The SMILES string of the molecule is CCNCc1ccc(N(C)CCC(=O)NC)cc1Cl. The minimum absolute atomic E-state index is 0.0433. The molecule has 5 heteroatoms. The van der Waals surface area contributed by atoms with Gasteiger partial charge in [0.25, 0.3) is 0 Å². The molecule has 0 heterocycles. The van der Waals surface area contributed by atoms with Gasteiger partial charge in [-0.05, 0) is 24.2 Å². The van der Waals surface area contributed by atoms with Crippen LogP contribution in [-0.2, 0) is 11.3 Å². The molecule has 0 aromatic heterocycles. The molecule has 0 atom stereocenters. The molecule has 0 spiro atoms. The lowest BCUT2D eigenvalue weighted by Gasteiger charge is -2.20. The maximum Gasteiger partial charge on any atom is 0.221 e. The summed E-state index contributed by atoms with van der Waals surface area (Å²) in [5.74, 6) is 0.0433. The maximum absolute atomic E-state index is 11.2. The van der Waals surface area contributed by atoms with Crippen LogP contribution in [0.2, 0.25) is 5.02 Å². The predicted molar refractivity (Wildman–Crippen MR) is 80.8 cm³/mol. The van der Waals surface area contributed by atoms with Crippen molar-refractivity contribution >= 4 is 23.2 Å². The number of anilines is 1. The normalized spacial score (nSPS) is 10.3. The summed E-state index contributed by atoms with van der Waals surface area (Å²) < 4.78 is 0. The van der Waals surface area contributed by atoms with E-state index >= 15 is 0 Å². The van der Waals surface area contributed by atoms with Gasteiger partial charge in [-0.1, -0.05) is 24.6 Å². The number of nitrogens with one attached hydrogen (secondary N) is 2. The number of carbonyl (C=O) groups excluding carboxylic acids is 1. The van der Waals surface area contributed by atoms with Crippen LogP contribution in [0.15, 0.2) is 18.2 Å².